The molecule has 3 nitrogen and oxygen atoms in total. The molecule has 0 aliphatic heterocycles. The van der Waals surface area contributed by atoms with E-state index in [9.17, 15) is 0 Å². The Labute approximate surface area is 110 Å². The van der Waals surface area contributed by atoms with Gasteiger partial charge in [-0.3, -0.25) is 0 Å². The molecule has 0 saturated heterocycles. The number of hydrogen-bond acceptors (Lipinski definition) is 3. The Morgan fingerprint density at radius 3 is 2.89 bits per heavy atom. The summed E-state index contributed by atoms with van der Waals surface area (Å²) in [5.74, 6) is 3.64. The van der Waals surface area contributed by atoms with Crippen LogP contribution in [0.25, 0.3) is 0 Å². The lowest BCUT2D eigenvalue weighted by Gasteiger charge is -2.27. The van der Waals surface area contributed by atoms with E-state index in [4.69, 9.17) is 0 Å². The molecule has 18 heavy (non-hydrogen) atoms. The molecule has 1 fully saturated rings. The number of aromatic nitrogens is 2. The van der Waals surface area contributed by atoms with E-state index in [0.29, 0.717) is 0 Å². The van der Waals surface area contributed by atoms with Gasteiger partial charge in [0.1, 0.15) is 11.6 Å². The lowest BCUT2D eigenvalue weighted by molar-refractivity contribution is 0.293. The van der Waals surface area contributed by atoms with Crippen LogP contribution in [0.3, 0.4) is 0 Å². The minimum absolute atomic E-state index is 0.814. The molecule has 100 valence electrons. The Bertz CT molecular complexity index is 389. The molecule has 1 N–H and O–H groups in total. The molecule has 3 heteroatoms. The number of nitrogens with one attached hydrogen (secondary N) is 1. The summed E-state index contributed by atoms with van der Waals surface area (Å²) >= 11 is 0. The van der Waals surface area contributed by atoms with Crippen molar-refractivity contribution in [3.8, 4) is 0 Å². The number of nitrogens with zero attached hydrogens (tertiary/aromatic N) is 2. The third-order valence-electron chi connectivity index (χ3n) is 3.83. The number of hydrogen-bond donors (Lipinski definition) is 1. The van der Waals surface area contributed by atoms with Gasteiger partial charge < -0.3 is 5.32 Å². The summed E-state index contributed by atoms with van der Waals surface area (Å²) in [4.78, 5) is 8.94. The molecule has 0 amide bonds. The molecular formula is C15H25N3. The highest BCUT2D eigenvalue weighted by molar-refractivity contribution is 5.35. The fraction of sp³-hybridized carbons (Fsp3) is 0.733. The van der Waals surface area contributed by atoms with Crippen LogP contribution in [-0.2, 0) is 6.42 Å². The first kappa shape index (κ1) is 13.3. The molecular weight excluding hydrogens is 222 g/mol. The summed E-state index contributed by atoms with van der Waals surface area (Å²) in [5.41, 5.74) is 1.06. The van der Waals surface area contributed by atoms with Gasteiger partial charge in [0, 0.05) is 24.7 Å². The molecule has 2 unspecified atom stereocenters. The number of rotatable bonds is 4. The molecule has 1 saturated carbocycles. The summed E-state index contributed by atoms with van der Waals surface area (Å²) in [6.45, 7) is 7.57. The molecule has 1 aliphatic rings. The fourth-order valence-electron chi connectivity index (χ4n) is 2.87. The Balaban J connectivity index is 1.91. The molecule has 0 radical (unpaired) electrons. The quantitative estimate of drug-likeness (QED) is 0.883. The summed E-state index contributed by atoms with van der Waals surface area (Å²) < 4.78 is 0. The number of aryl methyl sites for hydroxylation is 2. The largest absolute Gasteiger partial charge is 0.370 e. The Kier molecular flexibility index (Phi) is 4.56. The molecule has 1 aromatic rings. The third-order valence-corrected chi connectivity index (χ3v) is 3.83. The van der Waals surface area contributed by atoms with Gasteiger partial charge >= 0.3 is 0 Å². The zero-order chi connectivity index (χ0) is 13.0. The van der Waals surface area contributed by atoms with Crippen LogP contribution in [0.1, 0.15) is 51.0 Å². The molecule has 0 aromatic carbocycles. The Morgan fingerprint density at radius 2 is 2.17 bits per heavy atom. The van der Waals surface area contributed by atoms with Crippen molar-refractivity contribution in [2.45, 2.75) is 52.9 Å². The molecule has 0 bridgehead atoms. The summed E-state index contributed by atoms with van der Waals surface area (Å²) in [7, 11) is 0. The first-order chi connectivity index (χ1) is 8.67. The predicted octanol–water partition coefficient (Wildman–Crippen LogP) is 3.59. The minimum atomic E-state index is 0.814. The molecule has 1 heterocycles. The van der Waals surface area contributed by atoms with Crippen molar-refractivity contribution in [2.75, 3.05) is 11.9 Å². The second kappa shape index (κ2) is 6.17. The van der Waals surface area contributed by atoms with E-state index in [0.717, 1.165) is 42.1 Å². The van der Waals surface area contributed by atoms with Gasteiger partial charge in [-0.1, -0.05) is 26.7 Å². The first-order valence-corrected chi connectivity index (χ1v) is 7.25. The second-order valence-electron chi connectivity index (χ2n) is 5.68. The first-order valence-electron chi connectivity index (χ1n) is 7.25. The second-order valence-corrected chi connectivity index (χ2v) is 5.68. The van der Waals surface area contributed by atoms with Gasteiger partial charge in [0.15, 0.2) is 0 Å². The van der Waals surface area contributed by atoms with Crippen LogP contribution in [0, 0.1) is 18.8 Å². The monoisotopic (exact) mass is 247 g/mol. The smallest absolute Gasteiger partial charge is 0.130 e. The van der Waals surface area contributed by atoms with E-state index in [1.54, 1.807) is 0 Å². The van der Waals surface area contributed by atoms with E-state index in [-0.39, 0.29) is 0 Å². The predicted molar refractivity (Wildman–Crippen MR) is 75.8 cm³/mol. The van der Waals surface area contributed by atoms with Gasteiger partial charge in [0.2, 0.25) is 0 Å². The van der Waals surface area contributed by atoms with Crippen LogP contribution in [0.15, 0.2) is 6.07 Å². The summed E-state index contributed by atoms with van der Waals surface area (Å²) in [5, 5.41) is 3.50. The van der Waals surface area contributed by atoms with Crippen molar-refractivity contribution in [3.05, 3.63) is 17.6 Å². The summed E-state index contributed by atoms with van der Waals surface area (Å²) in [6, 6.07) is 2.05. The maximum atomic E-state index is 4.53. The maximum absolute atomic E-state index is 4.53. The molecule has 2 atom stereocenters. The van der Waals surface area contributed by atoms with E-state index in [2.05, 4.69) is 29.1 Å². The lowest BCUT2D eigenvalue weighted by atomic mass is 9.82. The topological polar surface area (TPSA) is 37.8 Å². The van der Waals surface area contributed by atoms with Crippen molar-refractivity contribution in [1.82, 2.24) is 9.97 Å². The van der Waals surface area contributed by atoms with Gasteiger partial charge in [-0.25, -0.2) is 9.97 Å². The zero-order valence-electron chi connectivity index (χ0n) is 11.9. The van der Waals surface area contributed by atoms with Gasteiger partial charge in [0.05, 0.1) is 0 Å². The van der Waals surface area contributed by atoms with Crippen molar-refractivity contribution in [2.24, 2.45) is 11.8 Å². The fourth-order valence-corrected chi connectivity index (χ4v) is 2.87. The average Bonchev–Trinajstić information content (AvgIpc) is 2.36. The highest BCUT2D eigenvalue weighted by Gasteiger charge is 2.18. The van der Waals surface area contributed by atoms with Crippen molar-refractivity contribution >= 4 is 5.82 Å². The molecule has 1 aromatic heterocycles. The van der Waals surface area contributed by atoms with Crippen molar-refractivity contribution in [1.29, 1.82) is 0 Å². The van der Waals surface area contributed by atoms with Crippen molar-refractivity contribution in [3.63, 3.8) is 0 Å². The van der Waals surface area contributed by atoms with E-state index >= 15 is 0 Å². The maximum Gasteiger partial charge on any atom is 0.130 e. The van der Waals surface area contributed by atoms with Crippen LogP contribution in [0.5, 0.6) is 0 Å². The molecule has 0 spiro atoms. The Morgan fingerprint density at radius 1 is 1.33 bits per heavy atom. The average molecular weight is 247 g/mol. The van der Waals surface area contributed by atoms with Crippen LogP contribution >= 0.6 is 0 Å². The molecule has 2 rings (SSSR count). The third kappa shape index (κ3) is 3.69. The normalized spacial score (nSPS) is 23.9. The SMILES string of the molecule is CCc1nc(C)cc(NCC2CCCC(C)C2)n1. The zero-order valence-corrected chi connectivity index (χ0v) is 11.9. The standard InChI is InChI=1S/C15H25N3/c1-4-14-17-12(3)9-15(18-14)16-10-13-7-5-6-11(2)8-13/h9,11,13H,4-8,10H2,1-3H3,(H,16,17,18). The molecule has 1 aliphatic carbocycles. The highest BCUT2D eigenvalue weighted by atomic mass is 15.0. The minimum Gasteiger partial charge on any atom is -0.370 e. The van der Waals surface area contributed by atoms with Crippen LogP contribution in [0.4, 0.5) is 5.82 Å². The van der Waals surface area contributed by atoms with Crippen LogP contribution in [-0.4, -0.2) is 16.5 Å². The Hall–Kier alpha value is -1.12. The van der Waals surface area contributed by atoms with Gasteiger partial charge in [0.25, 0.3) is 0 Å². The number of anilines is 1. The van der Waals surface area contributed by atoms with Gasteiger partial charge in [-0.2, -0.15) is 0 Å². The van der Waals surface area contributed by atoms with E-state index < -0.39 is 0 Å². The van der Waals surface area contributed by atoms with Crippen molar-refractivity contribution < 1.29 is 0 Å². The van der Waals surface area contributed by atoms with Gasteiger partial charge in [-0.05, 0) is 31.6 Å². The van der Waals surface area contributed by atoms with Crippen LogP contribution < -0.4 is 5.32 Å². The highest BCUT2D eigenvalue weighted by Crippen LogP contribution is 2.28. The van der Waals surface area contributed by atoms with Crippen LogP contribution in [0.2, 0.25) is 0 Å². The summed E-state index contributed by atoms with van der Waals surface area (Å²) in [6.07, 6.45) is 6.41. The van der Waals surface area contributed by atoms with Gasteiger partial charge in [-0.15, -0.1) is 0 Å². The van der Waals surface area contributed by atoms with E-state index in [1.807, 2.05) is 13.0 Å². The lowest BCUT2D eigenvalue weighted by Crippen LogP contribution is -2.21. The van der Waals surface area contributed by atoms with E-state index in [1.165, 1.54) is 25.7 Å².